The lowest BCUT2D eigenvalue weighted by Crippen LogP contribution is -2.38. The zero-order valence-electron chi connectivity index (χ0n) is 14.0. The first kappa shape index (κ1) is 16.7. The molecule has 24 heavy (non-hydrogen) atoms. The summed E-state index contributed by atoms with van der Waals surface area (Å²) in [5, 5.41) is 3.73. The Kier molecular flexibility index (Phi) is 5.27. The standard InChI is InChI=1S/C18H23N3O3/c1-20-16-6-3-2-5-14(16)15(13-17(20)22)18(23)19-7-4-8-21-9-11-24-12-10-21/h2-3,5-6,13H,4,7-12H2,1H3,(H,19,23). The van der Waals surface area contributed by atoms with Crippen LogP contribution < -0.4 is 10.9 Å². The van der Waals surface area contributed by atoms with E-state index >= 15 is 0 Å². The summed E-state index contributed by atoms with van der Waals surface area (Å²) in [4.78, 5) is 26.9. The summed E-state index contributed by atoms with van der Waals surface area (Å²) in [6.45, 7) is 5.01. The Morgan fingerprint density at radius 2 is 2.00 bits per heavy atom. The minimum absolute atomic E-state index is 0.174. The molecule has 0 aliphatic carbocycles. The molecule has 2 heterocycles. The van der Waals surface area contributed by atoms with E-state index in [4.69, 9.17) is 4.74 Å². The third kappa shape index (κ3) is 3.66. The zero-order valence-corrected chi connectivity index (χ0v) is 14.0. The molecule has 128 valence electrons. The second-order valence-corrected chi connectivity index (χ2v) is 6.04. The van der Waals surface area contributed by atoms with E-state index in [1.165, 1.54) is 6.07 Å². The topological polar surface area (TPSA) is 63.6 Å². The maximum atomic E-state index is 12.5. The summed E-state index contributed by atoms with van der Waals surface area (Å²) < 4.78 is 6.88. The largest absolute Gasteiger partial charge is 0.379 e. The van der Waals surface area contributed by atoms with Crippen molar-refractivity contribution in [1.29, 1.82) is 0 Å². The molecule has 1 aliphatic rings. The highest BCUT2D eigenvalue weighted by Crippen LogP contribution is 2.16. The fourth-order valence-corrected chi connectivity index (χ4v) is 3.02. The van der Waals surface area contributed by atoms with E-state index in [1.807, 2.05) is 24.3 Å². The van der Waals surface area contributed by atoms with Crippen molar-refractivity contribution in [2.24, 2.45) is 7.05 Å². The first-order valence-electron chi connectivity index (χ1n) is 8.34. The second kappa shape index (κ2) is 7.59. The third-order valence-corrected chi connectivity index (χ3v) is 4.44. The highest BCUT2D eigenvalue weighted by Gasteiger charge is 2.13. The molecule has 0 saturated carbocycles. The maximum Gasteiger partial charge on any atom is 0.252 e. The molecule has 6 nitrogen and oxygen atoms in total. The van der Waals surface area contributed by atoms with Crippen LogP contribution in [0.1, 0.15) is 16.8 Å². The summed E-state index contributed by atoms with van der Waals surface area (Å²) >= 11 is 0. The number of carbonyl (C=O) groups is 1. The van der Waals surface area contributed by atoms with Gasteiger partial charge in [0.25, 0.3) is 11.5 Å². The summed E-state index contributed by atoms with van der Waals surface area (Å²) in [6.07, 6.45) is 0.883. The molecule has 0 bridgehead atoms. The lowest BCUT2D eigenvalue weighted by Gasteiger charge is -2.26. The van der Waals surface area contributed by atoms with Gasteiger partial charge in [-0.25, -0.2) is 0 Å². The van der Waals surface area contributed by atoms with Crippen molar-refractivity contribution >= 4 is 16.8 Å². The van der Waals surface area contributed by atoms with Crippen LogP contribution in [0, 0.1) is 0 Å². The van der Waals surface area contributed by atoms with Gasteiger partial charge in [-0.15, -0.1) is 0 Å². The van der Waals surface area contributed by atoms with Gasteiger partial charge in [0.1, 0.15) is 0 Å². The molecule has 2 aromatic rings. The van der Waals surface area contributed by atoms with Gasteiger partial charge in [-0.05, 0) is 19.0 Å². The lowest BCUT2D eigenvalue weighted by molar-refractivity contribution is 0.0374. The van der Waals surface area contributed by atoms with Crippen LogP contribution >= 0.6 is 0 Å². The first-order chi connectivity index (χ1) is 11.7. The Balaban J connectivity index is 1.64. The van der Waals surface area contributed by atoms with Gasteiger partial charge in [0, 0.05) is 38.1 Å². The van der Waals surface area contributed by atoms with Crippen LogP contribution in [0.3, 0.4) is 0 Å². The predicted octanol–water partition coefficient (Wildman–Crippen LogP) is 0.991. The van der Waals surface area contributed by atoms with E-state index in [2.05, 4.69) is 10.2 Å². The van der Waals surface area contributed by atoms with E-state index < -0.39 is 0 Å². The SMILES string of the molecule is Cn1c(=O)cc(C(=O)NCCCN2CCOCC2)c2ccccc21. The number of aryl methyl sites for hydroxylation is 1. The van der Waals surface area contributed by atoms with Gasteiger partial charge >= 0.3 is 0 Å². The van der Waals surface area contributed by atoms with Crippen molar-refractivity contribution in [3.8, 4) is 0 Å². The Morgan fingerprint density at radius 1 is 1.25 bits per heavy atom. The summed E-state index contributed by atoms with van der Waals surface area (Å²) in [5.74, 6) is -0.189. The number of benzene rings is 1. The minimum Gasteiger partial charge on any atom is -0.379 e. The molecule has 0 atom stereocenters. The number of rotatable bonds is 5. The average Bonchev–Trinajstić information content (AvgIpc) is 2.62. The Morgan fingerprint density at radius 3 is 2.79 bits per heavy atom. The first-order valence-corrected chi connectivity index (χ1v) is 8.34. The Labute approximate surface area is 141 Å². The number of pyridine rings is 1. The molecule has 0 spiro atoms. The fraction of sp³-hybridized carbons (Fsp3) is 0.444. The van der Waals surface area contributed by atoms with Crippen LogP contribution in [0.5, 0.6) is 0 Å². The number of nitrogens with one attached hydrogen (secondary N) is 1. The van der Waals surface area contributed by atoms with Gasteiger partial charge in [-0.3, -0.25) is 14.5 Å². The molecule has 1 aliphatic heterocycles. The molecule has 0 unspecified atom stereocenters. The zero-order chi connectivity index (χ0) is 16.9. The van der Waals surface area contributed by atoms with Crippen molar-refractivity contribution in [3.05, 3.63) is 46.2 Å². The van der Waals surface area contributed by atoms with Gasteiger partial charge in [-0.2, -0.15) is 0 Å². The normalized spacial score (nSPS) is 15.5. The van der Waals surface area contributed by atoms with E-state index in [0.29, 0.717) is 12.1 Å². The molecular formula is C18H23N3O3. The van der Waals surface area contributed by atoms with E-state index in [9.17, 15) is 9.59 Å². The van der Waals surface area contributed by atoms with Gasteiger partial charge < -0.3 is 14.6 Å². The number of morpholine rings is 1. The number of para-hydroxylation sites is 1. The highest BCUT2D eigenvalue weighted by molar-refractivity contribution is 6.06. The quantitative estimate of drug-likeness (QED) is 0.831. The number of fused-ring (bicyclic) bond motifs is 1. The molecule has 1 fully saturated rings. The van der Waals surface area contributed by atoms with Gasteiger partial charge in [0.15, 0.2) is 0 Å². The summed E-state index contributed by atoms with van der Waals surface area (Å²) in [5.41, 5.74) is 1.04. The number of nitrogens with zero attached hydrogens (tertiary/aromatic N) is 2. The van der Waals surface area contributed by atoms with Crippen LogP contribution in [-0.4, -0.2) is 54.8 Å². The van der Waals surface area contributed by atoms with Crippen LogP contribution in [0.2, 0.25) is 0 Å². The van der Waals surface area contributed by atoms with Crippen molar-refractivity contribution in [1.82, 2.24) is 14.8 Å². The van der Waals surface area contributed by atoms with E-state index in [0.717, 1.165) is 50.2 Å². The van der Waals surface area contributed by atoms with Crippen molar-refractivity contribution in [3.63, 3.8) is 0 Å². The second-order valence-electron chi connectivity index (χ2n) is 6.04. The molecule has 1 amide bonds. The monoisotopic (exact) mass is 329 g/mol. The van der Waals surface area contributed by atoms with Gasteiger partial charge in [0.2, 0.25) is 0 Å². The van der Waals surface area contributed by atoms with Crippen LogP contribution in [0.25, 0.3) is 10.9 Å². The molecule has 1 aromatic carbocycles. The minimum atomic E-state index is -0.189. The molecule has 1 N–H and O–H groups in total. The van der Waals surface area contributed by atoms with Gasteiger partial charge in [-0.1, -0.05) is 18.2 Å². The summed E-state index contributed by atoms with van der Waals surface area (Å²) in [7, 11) is 1.72. The highest BCUT2D eigenvalue weighted by atomic mass is 16.5. The van der Waals surface area contributed by atoms with E-state index in [-0.39, 0.29) is 11.5 Å². The van der Waals surface area contributed by atoms with E-state index in [1.54, 1.807) is 11.6 Å². The predicted molar refractivity (Wildman–Crippen MR) is 93.4 cm³/mol. The van der Waals surface area contributed by atoms with Crippen molar-refractivity contribution in [2.75, 3.05) is 39.4 Å². The number of hydrogen-bond donors (Lipinski definition) is 1. The molecule has 6 heteroatoms. The van der Waals surface area contributed by atoms with Crippen LogP contribution in [-0.2, 0) is 11.8 Å². The van der Waals surface area contributed by atoms with Gasteiger partial charge in [0.05, 0.1) is 24.3 Å². The Bertz CT molecular complexity index is 779. The van der Waals surface area contributed by atoms with Crippen molar-refractivity contribution < 1.29 is 9.53 Å². The maximum absolute atomic E-state index is 12.5. The molecule has 1 saturated heterocycles. The van der Waals surface area contributed by atoms with Crippen molar-refractivity contribution in [2.45, 2.75) is 6.42 Å². The number of aromatic nitrogens is 1. The molecular weight excluding hydrogens is 306 g/mol. The summed E-state index contributed by atoms with van der Waals surface area (Å²) in [6, 6.07) is 8.89. The van der Waals surface area contributed by atoms with Crippen LogP contribution in [0.4, 0.5) is 0 Å². The lowest BCUT2D eigenvalue weighted by atomic mass is 10.1. The molecule has 3 rings (SSSR count). The number of ether oxygens (including phenoxy) is 1. The number of amides is 1. The number of hydrogen-bond acceptors (Lipinski definition) is 4. The number of carbonyl (C=O) groups excluding carboxylic acids is 1. The smallest absolute Gasteiger partial charge is 0.252 e. The molecule has 0 radical (unpaired) electrons. The third-order valence-electron chi connectivity index (χ3n) is 4.44. The molecule has 1 aromatic heterocycles. The van der Waals surface area contributed by atoms with Crippen LogP contribution in [0.15, 0.2) is 35.1 Å². The Hall–Kier alpha value is -2.18. The average molecular weight is 329 g/mol. The fourth-order valence-electron chi connectivity index (χ4n) is 3.02.